The second kappa shape index (κ2) is 6.51. The molecule has 0 aliphatic heterocycles. The first-order valence-corrected chi connectivity index (χ1v) is 9.81. The van der Waals surface area contributed by atoms with Crippen molar-refractivity contribution in [3.8, 4) is 0 Å². The predicted molar refractivity (Wildman–Crippen MR) is 98.0 cm³/mol. The van der Waals surface area contributed by atoms with Gasteiger partial charge in [0, 0.05) is 5.39 Å². The lowest BCUT2D eigenvalue weighted by atomic mass is 10.1. The molecule has 1 aromatic heterocycles. The predicted octanol–water partition coefficient (Wildman–Crippen LogP) is 2.35. The average molecular weight is 367 g/mol. The molecule has 4 rings (SSSR count). The number of pyridine rings is 1. The van der Waals surface area contributed by atoms with Crippen molar-refractivity contribution in [2.45, 2.75) is 24.2 Å². The van der Waals surface area contributed by atoms with E-state index in [0.717, 1.165) is 30.2 Å². The standard InChI is InChI=1S/C19H17N3O3S/c23-19(18-11-9-14-4-1-2-7-17(14)20-18)21-22-26(24,25)16-10-8-13-5-3-6-15(13)12-16/h1-2,4,7-12,22H,3,5-6H2,(H,21,23). The Morgan fingerprint density at radius 1 is 0.962 bits per heavy atom. The number of hydrazine groups is 1. The summed E-state index contributed by atoms with van der Waals surface area (Å²) in [7, 11) is -3.84. The topological polar surface area (TPSA) is 88.2 Å². The van der Waals surface area contributed by atoms with Crippen LogP contribution in [0.15, 0.2) is 59.5 Å². The summed E-state index contributed by atoms with van der Waals surface area (Å²) in [6.45, 7) is 0. The zero-order valence-corrected chi connectivity index (χ0v) is 14.7. The van der Waals surface area contributed by atoms with Crippen LogP contribution in [-0.4, -0.2) is 19.3 Å². The van der Waals surface area contributed by atoms with Crippen molar-refractivity contribution in [1.29, 1.82) is 0 Å². The van der Waals surface area contributed by atoms with Crippen molar-refractivity contribution in [2.75, 3.05) is 0 Å². The Labute approximate surface area is 151 Å². The maximum atomic E-state index is 12.4. The molecule has 132 valence electrons. The van der Waals surface area contributed by atoms with E-state index in [-0.39, 0.29) is 10.6 Å². The van der Waals surface area contributed by atoms with Crippen LogP contribution < -0.4 is 10.3 Å². The molecule has 26 heavy (non-hydrogen) atoms. The van der Waals surface area contributed by atoms with Crippen molar-refractivity contribution in [1.82, 2.24) is 15.2 Å². The fourth-order valence-corrected chi connectivity index (χ4v) is 4.03. The van der Waals surface area contributed by atoms with Crippen LogP contribution in [0.2, 0.25) is 0 Å². The molecule has 2 N–H and O–H groups in total. The van der Waals surface area contributed by atoms with Crippen molar-refractivity contribution < 1.29 is 13.2 Å². The molecule has 7 heteroatoms. The van der Waals surface area contributed by atoms with Crippen LogP contribution in [0.4, 0.5) is 0 Å². The first-order chi connectivity index (χ1) is 12.5. The number of benzene rings is 2. The molecule has 1 aliphatic rings. The number of rotatable bonds is 4. The lowest BCUT2D eigenvalue weighted by Gasteiger charge is -2.10. The number of nitrogens with one attached hydrogen (secondary N) is 2. The van der Waals surface area contributed by atoms with Gasteiger partial charge in [0.25, 0.3) is 15.9 Å². The highest BCUT2D eigenvalue weighted by molar-refractivity contribution is 7.89. The van der Waals surface area contributed by atoms with Crippen LogP contribution in [0.1, 0.15) is 28.0 Å². The summed E-state index contributed by atoms with van der Waals surface area (Å²) in [6.07, 6.45) is 2.90. The van der Waals surface area contributed by atoms with E-state index in [2.05, 4.69) is 15.2 Å². The maximum Gasteiger partial charge on any atom is 0.284 e. The van der Waals surface area contributed by atoms with Gasteiger partial charge in [-0.1, -0.05) is 30.3 Å². The molecule has 0 spiro atoms. The third kappa shape index (κ3) is 3.18. The molecule has 0 bridgehead atoms. The molecule has 0 atom stereocenters. The molecule has 1 amide bonds. The van der Waals surface area contributed by atoms with Gasteiger partial charge in [-0.25, -0.2) is 13.4 Å². The van der Waals surface area contributed by atoms with E-state index in [4.69, 9.17) is 0 Å². The monoisotopic (exact) mass is 367 g/mol. The lowest BCUT2D eigenvalue weighted by Crippen LogP contribution is -2.41. The quantitative estimate of drug-likeness (QED) is 0.693. The minimum atomic E-state index is -3.84. The first-order valence-electron chi connectivity index (χ1n) is 8.33. The zero-order chi connectivity index (χ0) is 18.1. The van der Waals surface area contributed by atoms with Gasteiger partial charge in [0.1, 0.15) is 5.69 Å². The summed E-state index contributed by atoms with van der Waals surface area (Å²) in [5, 5.41) is 0.905. The molecule has 0 saturated carbocycles. The van der Waals surface area contributed by atoms with Crippen molar-refractivity contribution in [3.63, 3.8) is 0 Å². The second-order valence-corrected chi connectivity index (χ2v) is 7.92. The molecule has 2 aromatic carbocycles. The molecular formula is C19H17N3O3S. The van der Waals surface area contributed by atoms with Gasteiger partial charge in [-0.05, 0) is 54.7 Å². The fourth-order valence-electron chi connectivity index (χ4n) is 3.14. The smallest absolute Gasteiger partial charge is 0.272 e. The van der Waals surface area contributed by atoms with E-state index in [1.807, 2.05) is 24.3 Å². The summed E-state index contributed by atoms with van der Waals surface area (Å²) in [4.78, 5) is 18.8. The zero-order valence-electron chi connectivity index (χ0n) is 13.9. The summed E-state index contributed by atoms with van der Waals surface area (Å²) >= 11 is 0. The Balaban J connectivity index is 1.50. The second-order valence-electron chi connectivity index (χ2n) is 6.23. The van der Waals surface area contributed by atoms with Crippen molar-refractivity contribution >= 4 is 26.8 Å². The number of carbonyl (C=O) groups is 1. The largest absolute Gasteiger partial charge is 0.284 e. The van der Waals surface area contributed by atoms with E-state index in [1.165, 1.54) is 5.56 Å². The van der Waals surface area contributed by atoms with Gasteiger partial charge in [-0.3, -0.25) is 10.2 Å². The lowest BCUT2D eigenvalue weighted by molar-refractivity contribution is 0.0940. The van der Waals surface area contributed by atoms with E-state index in [9.17, 15) is 13.2 Å². The average Bonchev–Trinajstić information content (AvgIpc) is 3.13. The molecule has 1 heterocycles. The Morgan fingerprint density at radius 3 is 2.65 bits per heavy atom. The van der Waals surface area contributed by atoms with E-state index in [1.54, 1.807) is 30.3 Å². The normalized spacial score (nSPS) is 13.5. The van der Waals surface area contributed by atoms with E-state index < -0.39 is 15.9 Å². The third-order valence-electron chi connectivity index (χ3n) is 4.51. The molecule has 6 nitrogen and oxygen atoms in total. The highest BCUT2D eigenvalue weighted by Gasteiger charge is 2.19. The number of aromatic nitrogens is 1. The fraction of sp³-hybridized carbons (Fsp3) is 0.158. The van der Waals surface area contributed by atoms with Gasteiger partial charge in [0.2, 0.25) is 0 Å². The number of fused-ring (bicyclic) bond motifs is 2. The Kier molecular flexibility index (Phi) is 4.18. The number of carbonyl (C=O) groups excluding carboxylic acids is 1. The Bertz CT molecular complexity index is 1110. The molecule has 0 fully saturated rings. The van der Waals surface area contributed by atoms with Crippen LogP contribution in [-0.2, 0) is 22.9 Å². The minimum absolute atomic E-state index is 0.139. The highest BCUT2D eigenvalue weighted by atomic mass is 32.2. The van der Waals surface area contributed by atoms with Gasteiger partial charge < -0.3 is 0 Å². The van der Waals surface area contributed by atoms with Crippen LogP contribution >= 0.6 is 0 Å². The van der Waals surface area contributed by atoms with Gasteiger partial charge in [0.05, 0.1) is 10.4 Å². The summed E-state index contributed by atoms with van der Waals surface area (Å²) in [5.41, 5.74) is 5.28. The number of nitrogens with zero attached hydrogens (tertiary/aromatic N) is 1. The number of hydrogen-bond donors (Lipinski definition) is 2. The number of aryl methyl sites for hydroxylation is 2. The highest BCUT2D eigenvalue weighted by Crippen LogP contribution is 2.24. The Morgan fingerprint density at radius 2 is 1.77 bits per heavy atom. The van der Waals surface area contributed by atoms with E-state index in [0.29, 0.717) is 5.52 Å². The number of para-hydroxylation sites is 1. The van der Waals surface area contributed by atoms with Crippen LogP contribution in [0, 0.1) is 0 Å². The van der Waals surface area contributed by atoms with Gasteiger partial charge in [-0.2, -0.15) is 0 Å². The molecule has 3 aromatic rings. The molecule has 1 aliphatic carbocycles. The molecule has 0 unspecified atom stereocenters. The molecule has 0 saturated heterocycles. The summed E-state index contributed by atoms with van der Waals surface area (Å²) < 4.78 is 24.9. The number of sulfonamides is 1. The Hall–Kier alpha value is -2.77. The SMILES string of the molecule is O=C(NNS(=O)(=O)c1ccc2c(c1)CCC2)c1ccc2ccccc2n1. The van der Waals surface area contributed by atoms with Crippen molar-refractivity contribution in [3.05, 3.63) is 71.4 Å². The van der Waals surface area contributed by atoms with Gasteiger partial charge in [0.15, 0.2) is 0 Å². The minimum Gasteiger partial charge on any atom is -0.272 e. The van der Waals surface area contributed by atoms with Crippen LogP contribution in [0.5, 0.6) is 0 Å². The third-order valence-corrected chi connectivity index (χ3v) is 5.76. The summed E-state index contributed by atoms with van der Waals surface area (Å²) in [6, 6.07) is 15.8. The summed E-state index contributed by atoms with van der Waals surface area (Å²) in [5.74, 6) is -0.611. The number of hydrogen-bond acceptors (Lipinski definition) is 4. The molecular weight excluding hydrogens is 350 g/mol. The first kappa shape index (κ1) is 16.7. The van der Waals surface area contributed by atoms with Crippen LogP contribution in [0.3, 0.4) is 0 Å². The van der Waals surface area contributed by atoms with Crippen LogP contribution in [0.25, 0.3) is 10.9 Å². The molecule has 0 radical (unpaired) electrons. The van der Waals surface area contributed by atoms with Gasteiger partial charge in [-0.15, -0.1) is 4.83 Å². The van der Waals surface area contributed by atoms with E-state index >= 15 is 0 Å². The maximum absolute atomic E-state index is 12.4. The van der Waals surface area contributed by atoms with Gasteiger partial charge >= 0.3 is 0 Å². The number of amides is 1. The van der Waals surface area contributed by atoms with Crippen molar-refractivity contribution in [2.24, 2.45) is 0 Å².